The van der Waals surface area contributed by atoms with Crippen LogP contribution in [0.1, 0.15) is 25.6 Å². The second kappa shape index (κ2) is 6.00. The fraction of sp³-hybridized carbons (Fsp3) is 0.429. The molecule has 1 aromatic heterocycles. The Morgan fingerprint density at radius 2 is 2.17 bits per heavy atom. The molecule has 2 nitrogen and oxygen atoms in total. The summed E-state index contributed by atoms with van der Waals surface area (Å²) in [4.78, 5) is 0. The number of furan rings is 1. The third-order valence-corrected chi connectivity index (χ3v) is 4.29. The molecule has 1 atom stereocenters. The van der Waals surface area contributed by atoms with Gasteiger partial charge in [0.25, 0.3) is 0 Å². The van der Waals surface area contributed by atoms with Crippen LogP contribution in [0.15, 0.2) is 28.7 Å². The predicted molar refractivity (Wildman–Crippen MR) is 80.6 cm³/mol. The molecule has 18 heavy (non-hydrogen) atoms. The Morgan fingerprint density at radius 3 is 2.78 bits per heavy atom. The Kier molecular flexibility index (Phi) is 4.60. The Balaban J connectivity index is 2.25. The molecule has 2 aromatic rings. The minimum Gasteiger partial charge on any atom is -0.458 e. The predicted octanol–water partition coefficient (Wildman–Crippen LogP) is 4.49. The first-order chi connectivity index (χ1) is 8.61. The van der Waals surface area contributed by atoms with E-state index in [1.807, 2.05) is 37.0 Å². The highest BCUT2D eigenvalue weighted by molar-refractivity contribution is 7.99. The van der Waals surface area contributed by atoms with Gasteiger partial charge in [-0.3, -0.25) is 0 Å². The summed E-state index contributed by atoms with van der Waals surface area (Å²) in [5.41, 5.74) is 0.781. The average Bonchev–Trinajstić information content (AvgIpc) is 2.75. The smallest absolute Gasteiger partial charge is 0.152 e. The molecule has 1 heterocycles. The van der Waals surface area contributed by atoms with Crippen molar-refractivity contribution in [2.75, 3.05) is 12.8 Å². The van der Waals surface area contributed by atoms with E-state index in [9.17, 15) is 0 Å². The zero-order valence-electron chi connectivity index (χ0n) is 10.9. The van der Waals surface area contributed by atoms with E-state index < -0.39 is 0 Å². The lowest BCUT2D eigenvalue weighted by Gasteiger charge is -2.14. The molecule has 0 spiro atoms. The standard InChI is InChI=1S/C14H18ClNOS/c1-9(2)18-8-12(16-3)13-7-10-5-4-6-11(15)14(10)17-13/h4-7,9,12,16H,8H2,1-3H3. The molecule has 2 rings (SSSR count). The van der Waals surface area contributed by atoms with Gasteiger partial charge in [-0.15, -0.1) is 0 Å². The van der Waals surface area contributed by atoms with Crippen LogP contribution in [0.3, 0.4) is 0 Å². The summed E-state index contributed by atoms with van der Waals surface area (Å²) < 4.78 is 5.88. The normalized spacial score (nSPS) is 13.4. The highest BCUT2D eigenvalue weighted by atomic mass is 35.5. The quantitative estimate of drug-likeness (QED) is 0.875. The Hall–Kier alpha value is -0.640. The van der Waals surface area contributed by atoms with Gasteiger partial charge < -0.3 is 9.73 Å². The van der Waals surface area contributed by atoms with Gasteiger partial charge in [-0.05, 0) is 24.4 Å². The Bertz CT molecular complexity index is 523. The first-order valence-electron chi connectivity index (χ1n) is 6.08. The SMILES string of the molecule is CNC(CSC(C)C)c1cc2cccc(Cl)c2o1. The van der Waals surface area contributed by atoms with E-state index in [1.54, 1.807) is 0 Å². The zero-order valence-corrected chi connectivity index (χ0v) is 12.4. The summed E-state index contributed by atoms with van der Waals surface area (Å²) >= 11 is 8.04. The summed E-state index contributed by atoms with van der Waals surface area (Å²) in [5, 5.41) is 5.65. The molecule has 1 N–H and O–H groups in total. The first-order valence-corrected chi connectivity index (χ1v) is 7.51. The molecule has 0 aliphatic carbocycles. The summed E-state index contributed by atoms with van der Waals surface area (Å²) in [6.07, 6.45) is 0. The average molecular weight is 284 g/mol. The molecule has 0 aliphatic rings. The van der Waals surface area contributed by atoms with Crippen LogP contribution in [0.4, 0.5) is 0 Å². The molecule has 1 aromatic carbocycles. The van der Waals surface area contributed by atoms with Gasteiger partial charge in [0.1, 0.15) is 5.76 Å². The molecular formula is C14H18ClNOS. The van der Waals surface area contributed by atoms with Gasteiger partial charge in [0.15, 0.2) is 5.58 Å². The van der Waals surface area contributed by atoms with Crippen molar-refractivity contribution in [1.82, 2.24) is 5.32 Å². The molecule has 0 aliphatic heterocycles. The van der Waals surface area contributed by atoms with E-state index in [0.717, 1.165) is 22.5 Å². The van der Waals surface area contributed by atoms with Crippen LogP contribution in [-0.4, -0.2) is 18.1 Å². The van der Waals surface area contributed by atoms with Gasteiger partial charge in [0, 0.05) is 11.1 Å². The summed E-state index contributed by atoms with van der Waals surface area (Å²) in [7, 11) is 1.96. The van der Waals surface area contributed by atoms with Gasteiger partial charge in [-0.1, -0.05) is 37.6 Å². The Labute approximate surface area is 117 Å². The van der Waals surface area contributed by atoms with E-state index in [4.69, 9.17) is 16.0 Å². The monoisotopic (exact) mass is 283 g/mol. The molecule has 1 unspecified atom stereocenters. The van der Waals surface area contributed by atoms with Crippen LogP contribution in [0.5, 0.6) is 0 Å². The fourth-order valence-corrected chi connectivity index (χ4v) is 2.94. The van der Waals surface area contributed by atoms with Crippen molar-refractivity contribution in [2.24, 2.45) is 0 Å². The van der Waals surface area contributed by atoms with Crippen LogP contribution < -0.4 is 5.32 Å². The molecule has 0 bridgehead atoms. The number of hydrogen-bond donors (Lipinski definition) is 1. The lowest BCUT2D eigenvalue weighted by Crippen LogP contribution is -2.18. The number of fused-ring (bicyclic) bond motifs is 1. The molecular weight excluding hydrogens is 266 g/mol. The largest absolute Gasteiger partial charge is 0.458 e. The van der Waals surface area contributed by atoms with Crippen molar-refractivity contribution in [3.05, 3.63) is 35.0 Å². The third-order valence-electron chi connectivity index (χ3n) is 2.80. The first kappa shape index (κ1) is 13.8. The zero-order chi connectivity index (χ0) is 13.1. The lowest BCUT2D eigenvalue weighted by molar-refractivity contribution is 0.479. The van der Waals surface area contributed by atoms with Crippen LogP contribution in [-0.2, 0) is 0 Å². The second-order valence-corrected chi connectivity index (χ2v) is 6.55. The number of halogens is 1. The van der Waals surface area contributed by atoms with Crippen molar-refractivity contribution in [2.45, 2.75) is 25.1 Å². The van der Waals surface area contributed by atoms with Gasteiger partial charge in [-0.2, -0.15) is 11.8 Å². The summed E-state index contributed by atoms with van der Waals surface area (Å²) in [6, 6.07) is 8.12. The van der Waals surface area contributed by atoms with E-state index >= 15 is 0 Å². The van der Waals surface area contributed by atoms with Crippen molar-refractivity contribution in [3.63, 3.8) is 0 Å². The van der Waals surface area contributed by atoms with Crippen molar-refractivity contribution in [1.29, 1.82) is 0 Å². The maximum atomic E-state index is 6.13. The van der Waals surface area contributed by atoms with E-state index in [-0.39, 0.29) is 6.04 Å². The van der Waals surface area contributed by atoms with Gasteiger partial charge >= 0.3 is 0 Å². The molecule has 0 radical (unpaired) electrons. The Morgan fingerprint density at radius 1 is 1.39 bits per heavy atom. The lowest BCUT2D eigenvalue weighted by atomic mass is 10.2. The van der Waals surface area contributed by atoms with Crippen LogP contribution in [0.2, 0.25) is 5.02 Å². The minimum atomic E-state index is 0.223. The van der Waals surface area contributed by atoms with Crippen LogP contribution >= 0.6 is 23.4 Å². The number of nitrogens with one attached hydrogen (secondary N) is 1. The topological polar surface area (TPSA) is 25.2 Å². The molecule has 0 fully saturated rings. The van der Waals surface area contributed by atoms with Crippen molar-refractivity contribution < 1.29 is 4.42 Å². The van der Waals surface area contributed by atoms with Crippen molar-refractivity contribution >= 4 is 34.3 Å². The van der Waals surface area contributed by atoms with Gasteiger partial charge in [0.05, 0.1) is 11.1 Å². The van der Waals surface area contributed by atoms with Crippen molar-refractivity contribution in [3.8, 4) is 0 Å². The third kappa shape index (κ3) is 3.02. The molecule has 0 saturated carbocycles. The van der Waals surface area contributed by atoms with E-state index in [0.29, 0.717) is 10.3 Å². The van der Waals surface area contributed by atoms with Crippen LogP contribution in [0, 0.1) is 0 Å². The van der Waals surface area contributed by atoms with Gasteiger partial charge in [0.2, 0.25) is 0 Å². The van der Waals surface area contributed by atoms with Gasteiger partial charge in [-0.25, -0.2) is 0 Å². The number of para-hydroxylation sites is 1. The number of benzene rings is 1. The maximum absolute atomic E-state index is 6.13. The molecule has 98 valence electrons. The highest BCUT2D eigenvalue weighted by Crippen LogP contribution is 2.30. The minimum absolute atomic E-state index is 0.223. The van der Waals surface area contributed by atoms with E-state index in [2.05, 4.69) is 25.2 Å². The number of rotatable bonds is 5. The summed E-state index contributed by atoms with van der Waals surface area (Å²) in [6.45, 7) is 4.40. The molecule has 4 heteroatoms. The second-order valence-electron chi connectivity index (χ2n) is 4.53. The summed E-state index contributed by atoms with van der Waals surface area (Å²) in [5.74, 6) is 1.94. The fourth-order valence-electron chi connectivity index (χ4n) is 1.82. The molecule has 0 amide bonds. The molecule has 0 saturated heterocycles. The number of thioether (sulfide) groups is 1. The van der Waals surface area contributed by atoms with Crippen LogP contribution in [0.25, 0.3) is 11.0 Å². The van der Waals surface area contributed by atoms with E-state index in [1.165, 1.54) is 0 Å². The number of hydrogen-bond acceptors (Lipinski definition) is 3. The highest BCUT2D eigenvalue weighted by Gasteiger charge is 2.16. The maximum Gasteiger partial charge on any atom is 0.152 e.